The zero-order valence-electron chi connectivity index (χ0n) is 17.8. The number of para-hydroxylation sites is 2. The lowest BCUT2D eigenvalue weighted by molar-refractivity contribution is -0.120. The lowest BCUT2D eigenvalue weighted by atomic mass is 10.1. The SMILES string of the molecule is Cc1ccc(C)c(N2C(=O)C(Cl)=C(Nc3cccc(C(=O)Nc4ccccc4O)c3)C2=O)c1. The number of aryl methyl sites for hydroxylation is 2. The fourth-order valence-electron chi connectivity index (χ4n) is 3.45. The van der Waals surface area contributed by atoms with Crippen molar-refractivity contribution in [1.82, 2.24) is 0 Å². The van der Waals surface area contributed by atoms with Gasteiger partial charge in [0.15, 0.2) is 0 Å². The molecular formula is C25H20ClN3O4. The van der Waals surface area contributed by atoms with E-state index in [4.69, 9.17) is 11.6 Å². The average Bonchev–Trinajstić information content (AvgIpc) is 3.00. The van der Waals surface area contributed by atoms with Gasteiger partial charge in [-0.25, -0.2) is 4.90 Å². The number of nitrogens with zero attached hydrogens (tertiary/aromatic N) is 1. The van der Waals surface area contributed by atoms with Crippen LogP contribution in [0.2, 0.25) is 0 Å². The molecule has 33 heavy (non-hydrogen) atoms. The van der Waals surface area contributed by atoms with Crippen LogP contribution in [0.15, 0.2) is 77.5 Å². The molecule has 3 aromatic rings. The molecule has 0 radical (unpaired) electrons. The highest BCUT2D eigenvalue weighted by Crippen LogP contribution is 2.32. The first-order chi connectivity index (χ1) is 15.8. The molecular weight excluding hydrogens is 442 g/mol. The normalized spacial score (nSPS) is 13.5. The summed E-state index contributed by atoms with van der Waals surface area (Å²) >= 11 is 6.24. The Morgan fingerprint density at radius 3 is 2.45 bits per heavy atom. The maximum atomic E-state index is 13.1. The largest absolute Gasteiger partial charge is 0.506 e. The van der Waals surface area contributed by atoms with E-state index in [1.807, 2.05) is 19.1 Å². The number of amides is 3. The van der Waals surface area contributed by atoms with Gasteiger partial charge in [0.2, 0.25) is 0 Å². The Morgan fingerprint density at radius 1 is 0.939 bits per heavy atom. The Morgan fingerprint density at radius 2 is 1.70 bits per heavy atom. The van der Waals surface area contributed by atoms with Crippen molar-refractivity contribution in [3.8, 4) is 5.75 Å². The van der Waals surface area contributed by atoms with Crippen LogP contribution < -0.4 is 15.5 Å². The van der Waals surface area contributed by atoms with E-state index < -0.39 is 17.7 Å². The Bertz CT molecular complexity index is 1330. The number of carbonyl (C=O) groups excluding carboxylic acids is 3. The van der Waals surface area contributed by atoms with Crippen molar-refractivity contribution in [2.75, 3.05) is 15.5 Å². The van der Waals surface area contributed by atoms with Crippen LogP contribution in [0, 0.1) is 13.8 Å². The summed E-state index contributed by atoms with van der Waals surface area (Å²) in [6, 6.07) is 18.2. The van der Waals surface area contributed by atoms with Crippen molar-refractivity contribution in [2.24, 2.45) is 0 Å². The third kappa shape index (κ3) is 4.31. The lowest BCUT2D eigenvalue weighted by Gasteiger charge is -2.18. The van der Waals surface area contributed by atoms with Gasteiger partial charge in [0.05, 0.1) is 11.4 Å². The first-order valence-corrected chi connectivity index (χ1v) is 10.5. The van der Waals surface area contributed by atoms with E-state index >= 15 is 0 Å². The number of halogens is 1. The van der Waals surface area contributed by atoms with Crippen LogP contribution in [0.5, 0.6) is 5.75 Å². The Hall–Kier alpha value is -4.10. The molecule has 0 aliphatic carbocycles. The van der Waals surface area contributed by atoms with Crippen LogP contribution in [0.3, 0.4) is 0 Å². The zero-order chi connectivity index (χ0) is 23.7. The molecule has 1 aliphatic rings. The van der Waals surface area contributed by atoms with E-state index in [0.29, 0.717) is 11.4 Å². The van der Waals surface area contributed by atoms with Gasteiger partial charge in [0, 0.05) is 11.3 Å². The number of benzene rings is 3. The predicted octanol–water partition coefficient (Wildman–Crippen LogP) is 4.70. The van der Waals surface area contributed by atoms with E-state index in [1.54, 1.807) is 49.4 Å². The van der Waals surface area contributed by atoms with E-state index in [9.17, 15) is 19.5 Å². The number of hydrogen-bond acceptors (Lipinski definition) is 5. The Labute approximate surface area is 195 Å². The third-order valence-corrected chi connectivity index (χ3v) is 5.53. The first kappa shape index (κ1) is 22.1. The van der Waals surface area contributed by atoms with Crippen LogP contribution >= 0.6 is 11.6 Å². The number of imide groups is 1. The molecule has 0 unspecified atom stereocenters. The number of aromatic hydroxyl groups is 1. The van der Waals surface area contributed by atoms with Crippen molar-refractivity contribution < 1.29 is 19.5 Å². The lowest BCUT2D eigenvalue weighted by Crippen LogP contribution is -2.33. The second kappa shape index (κ2) is 8.80. The van der Waals surface area contributed by atoms with Gasteiger partial charge in [-0.1, -0.05) is 41.9 Å². The van der Waals surface area contributed by atoms with Crippen LogP contribution in [-0.4, -0.2) is 22.8 Å². The quantitative estimate of drug-likeness (QED) is 0.378. The molecule has 1 heterocycles. The molecule has 0 saturated carbocycles. The number of nitrogens with one attached hydrogen (secondary N) is 2. The van der Waals surface area contributed by atoms with Crippen molar-refractivity contribution in [3.63, 3.8) is 0 Å². The number of phenols is 1. The molecule has 3 N–H and O–H groups in total. The van der Waals surface area contributed by atoms with Crippen LogP contribution in [0.1, 0.15) is 21.5 Å². The van der Waals surface area contributed by atoms with Gasteiger partial charge < -0.3 is 15.7 Å². The number of rotatable bonds is 5. The second-order valence-corrected chi connectivity index (χ2v) is 7.98. The minimum atomic E-state index is -0.619. The molecule has 0 aromatic heterocycles. The average molecular weight is 462 g/mol. The van der Waals surface area contributed by atoms with E-state index in [2.05, 4.69) is 10.6 Å². The maximum absolute atomic E-state index is 13.1. The molecule has 0 bridgehead atoms. The van der Waals surface area contributed by atoms with Gasteiger partial charge in [-0.3, -0.25) is 14.4 Å². The monoisotopic (exact) mass is 461 g/mol. The molecule has 0 fully saturated rings. The topological polar surface area (TPSA) is 98.7 Å². The Balaban J connectivity index is 1.57. The van der Waals surface area contributed by atoms with Crippen LogP contribution in [0.25, 0.3) is 0 Å². The highest BCUT2D eigenvalue weighted by Gasteiger charge is 2.39. The predicted molar refractivity (Wildman–Crippen MR) is 127 cm³/mol. The smallest absolute Gasteiger partial charge is 0.283 e. The zero-order valence-corrected chi connectivity index (χ0v) is 18.6. The van der Waals surface area contributed by atoms with Crippen LogP contribution in [0.4, 0.5) is 17.1 Å². The van der Waals surface area contributed by atoms with Gasteiger partial charge in [-0.2, -0.15) is 0 Å². The van der Waals surface area contributed by atoms with Crippen LogP contribution in [-0.2, 0) is 9.59 Å². The van der Waals surface area contributed by atoms with Crippen molar-refractivity contribution in [3.05, 3.63) is 94.1 Å². The molecule has 3 aromatic carbocycles. The molecule has 166 valence electrons. The molecule has 0 saturated heterocycles. The third-order valence-electron chi connectivity index (χ3n) is 5.18. The fourth-order valence-corrected chi connectivity index (χ4v) is 3.66. The summed E-state index contributed by atoms with van der Waals surface area (Å²) in [6.45, 7) is 3.68. The summed E-state index contributed by atoms with van der Waals surface area (Å²) in [5, 5.41) is 15.1. The molecule has 3 amide bonds. The second-order valence-electron chi connectivity index (χ2n) is 7.60. The summed E-state index contributed by atoms with van der Waals surface area (Å²) in [5.41, 5.74) is 3.01. The van der Waals surface area contributed by atoms with E-state index in [-0.39, 0.29) is 27.7 Å². The standard InChI is InChI=1S/C25H20ClN3O4/c1-14-10-11-15(2)19(12-14)29-24(32)21(26)22(25(29)33)27-17-7-5-6-16(13-17)23(31)28-18-8-3-4-9-20(18)30/h3-13,27,30H,1-2H3,(H,28,31). The highest BCUT2D eigenvalue weighted by molar-refractivity contribution is 6.53. The summed E-state index contributed by atoms with van der Waals surface area (Å²) in [5.74, 6) is -1.71. The van der Waals surface area contributed by atoms with Crippen molar-refractivity contribution in [1.29, 1.82) is 0 Å². The fraction of sp³-hybridized carbons (Fsp3) is 0.0800. The summed E-state index contributed by atoms with van der Waals surface area (Å²) < 4.78 is 0. The number of hydrogen-bond donors (Lipinski definition) is 3. The maximum Gasteiger partial charge on any atom is 0.283 e. The first-order valence-electron chi connectivity index (χ1n) is 10.1. The molecule has 4 rings (SSSR count). The number of anilines is 3. The van der Waals surface area contributed by atoms with Crippen molar-refractivity contribution in [2.45, 2.75) is 13.8 Å². The van der Waals surface area contributed by atoms with Gasteiger partial charge >= 0.3 is 0 Å². The van der Waals surface area contributed by atoms with Gasteiger partial charge in [-0.15, -0.1) is 0 Å². The number of carbonyl (C=O) groups is 3. The summed E-state index contributed by atoms with van der Waals surface area (Å²) in [6.07, 6.45) is 0. The highest BCUT2D eigenvalue weighted by atomic mass is 35.5. The molecule has 0 spiro atoms. The van der Waals surface area contributed by atoms with Gasteiger partial charge in [0.25, 0.3) is 17.7 Å². The van der Waals surface area contributed by atoms with Gasteiger partial charge in [-0.05, 0) is 61.4 Å². The summed E-state index contributed by atoms with van der Waals surface area (Å²) in [4.78, 5) is 39.5. The molecule has 8 heteroatoms. The minimum Gasteiger partial charge on any atom is -0.506 e. The van der Waals surface area contributed by atoms with Crippen molar-refractivity contribution >= 4 is 46.4 Å². The van der Waals surface area contributed by atoms with E-state index in [0.717, 1.165) is 16.0 Å². The van der Waals surface area contributed by atoms with E-state index in [1.165, 1.54) is 12.1 Å². The molecule has 0 atom stereocenters. The minimum absolute atomic E-state index is 0.0568. The molecule has 7 nitrogen and oxygen atoms in total. The summed E-state index contributed by atoms with van der Waals surface area (Å²) in [7, 11) is 0. The van der Waals surface area contributed by atoms with Gasteiger partial charge in [0.1, 0.15) is 16.5 Å². The Kier molecular flexibility index (Phi) is 5.89. The number of phenolic OH excluding ortho intramolecular Hbond substituents is 1. The molecule has 1 aliphatic heterocycles.